The van der Waals surface area contributed by atoms with Gasteiger partial charge in [0.2, 0.25) is 0 Å². The van der Waals surface area contributed by atoms with Gasteiger partial charge in [0.05, 0.1) is 6.26 Å². The minimum absolute atomic E-state index is 0. The quantitative estimate of drug-likeness (QED) is 0.334. The van der Waals surface area contributed by atoms with Gasteiger partial charge in [0, 0.05) is 13.5 Å². The molecule has 0 saturated heterocycles. The van der Waals surface area contributed by atoms with Crippen LogP contribution in [0.4, 0.5) is 0 Å². The van der Waals surface area contributed by atoms with Gasteiger partial charge in [-0.1, -0.05) is 6.07 Å². The molecule has 1 aromatic heterocycles. The Hall–Kier alpha value is -2.27. The number of carboxylic acids is 2. The van der Waals surface area contributed by atoms with E-state index < -0.39 is 36.4 Å². The molecule has 1 aromatic rings. The van der Waals surface area contributed by atoms with Gasteiger partial charge in [0.1, 0.15) is 12.2 Å². The van der Waals surface area contributed by atoms with Crippen molar-refractivity contribution >= 4 is 11.9 Å². The molecule has 0 aliphatic rings. The highest BCUT2D eigenvalue weighted by Gasteiger charge is 2.37. The molecular weight excluding hydrogens is 304 g/mol. The lowest BCUT2D eigenvalue weighted by Gasteiger charge is -2.21. The summed E-state index contributed by atoms with van der Waals surface area (Å²) in [6.07, 6.45) is -7.93. The minimum Gasteiger partial charge on any atom is -0.479 e. The Balaban J connectivity index is 0. The highest BCUT2D eigenvalue weighted by molar-refractivity contribution is 5.75. The lowest BCUT2D eigenvalue weighted by Crippen LogP contribution is -2.49. The van der Waals surface area contributed by atoms with Crippen LogP contribution in [0.15, 0.2) is 33.7 Å². The average molecular weight is 318 g/mol. The molecular formula is C12H14O10. The van der Waals surface area contributed by atoms with Crippen molar-refractivity contribution in [3.8, 4) is 0 Å². The number of carboxylic acid groups (broad SMARTS) is 2. The normalized spacial score (nSPS) is 15.1. The van der Waals surface area contributed by atoms with Crippen molar-refractivity contribution in [2.45, 2.75) is 24.4 Å². The van der Waals surface area contributed by atoms with Crippen molar-refractivity contribution < 1.29 is 44.6 Å². The molecule has 0 amide bonds. The third-order valence-electron chi connectivity index (χ3n) is 2.11. The summed E-state index contributed by atoms with van der Waals surface area (Å²) in [7, 11) is 0. The Labute approximate surface area is 124 Å². The summed E-state index contributed by atoms with van der Waals surface area (Å²) in [5.74, 6) is -3.68. The SMILES string of the molecule is O=C(O)[C@@H](O)[C@@H](O)[C@H](O)[C@@H](O)C(=O)O.O=c1cccco1.[C]. The second-order valence-electron chi connectivity index (χ2n) is 3.67. The molecule has 0 bridgehead atoms. The fourth-order valence-electron chi connectivity index (χ4n) is 0.991. The van der Waals surface area contributed by atoms with E-state index in [-0.39, 0.29) is 13.1 Å². The van der Waals surface area contributed by atoms with Crippen molar-refractivity contribution in [2.24, 2.45) is 0 Å². The van der Waals surface area contributed by atoms with E-state index >= 15 is 0 Å². The van der Waals surface area contributed by atoms with E-state index in [0.717, 1.165) is 0 Å². The molecule has 22 heavy (non-hydrogen) atoms. The monoisotopic (exact) mass is 318 g/mol. The third kappa shape index (κ3) is 7.50. The predicted molar refractivity (Wildman–Crippen MR) is 67.5 cm³/mol. The number of aliphatic hydroxyl groups excluding tert-OH is 4. The Morgan fingerprint density at radius 1 is 0.909 bits per heavy atom. The second kappa shape index (κ2) is 10.5. The molecule has 10 nitrogen and oxygen atoms in total. The first-order valence-corrected chi connectivity index (χ1v) is 5.40. The number of hydrogen-bond acceptors (Lipinski definition) is 8. The first-order chi connectivity index (χ1) is 9.68. The fraction of sp³-hybridized carbons (Fsp3) is 0.333. The minimum atomic E-state index is -2.36. The van der Waals surface area contributed by atoms with Crippen molar-refractivity contribution in [1.82, 2.24) is 0 Å². The molecule has 0 unspecified atom stereocenters. The number of carbonyl (C=O) groups is 2. The Morgan fingerprint density at radius 2 is 1.32 bits per heavy atom. The lowest BCUT2D eigenvalue weighted by molar-refractivity contribution is -0.172. The maximum atomic E-state index is 10.1. The van der Waals surface area contributed by atoms with Gasteiger partial charge < -0.3 is 35.1 Å². The van der Waals surface area contributed by atoms with Crippen molar-refractivity contribution in [3.63, 3.8) is 0 Å². The van der Waals surface area contributed by atoms with Crippen LogP contribution in [-0.2, 0) is 9.59 Å². The van der Waals surface area contributed by atoms with E-state index in [1.54, 1.807) is 12.1 Å². The number of aliphatic hydroxyl groups is 4. The molecule has 0 aliphatic carbocycles. The lowest BCUT2D eigenvalue weighted by atomic mass is 10.0. The van der Waals surface area contributed by atoms with Crippen LogP contribution in [0.5, 0.6) is 0 Å². The van der Waals surface area contributed by atoms with Gasteiger partial charge in [-0.2, -0.15) is 0 Å². The molecule has 1 rings (SSSR count). The summed E-state index contributed by atoms with van der Waals surface area (Å²) in [6, 6.07) is 4.65. The van der Waals surface area contributed by atoms with Crippen LogP contribution in [0.1, 0.15) is 0 Å². The summed E-state index contributed by atoms with van der Waals surface area (Å²) >= 11 is 0. The van der Waals surface area contributed by atoms with E-state index in [2.05, 4.69) is 4.42 Å². The molecule has 4 radical (unpaired) electrons. The van der Waals surface area contributed by atoms with Crippen molar-refractivity contribution in [1.29, 1.82) is 0 Å². The standard InChI is InChI=1S/C6H10O8.C5H4O2.C/c7-1(3(9)5(11)12)2(8)4(10)6(13)14;6-5-3-1-2-4-7-5;/h1-4,7-10H,(H,11,12)(H,13,14);1-4H;/t1-,2-,3-,4+;;/m0../s1. The molecule has 0 fully saturated rings. The first-order valence-electron chi connectivity index (χ1n) is 5.40. The Kier molecular flexibility index (Phi) is 10.5. The Bertz CT molecular complexity index is 469. The number of aliphatic carboxylic acids is 2. The van der Waals surface area contributed by atoms with E-state index in [9.17, 15) is 14.4 Å². The summed E-state index contributed by atoms with van der Waals surface area (Å²) in [4.78, 5) is 30.3. The molecule has 122 valence electrons. The summed E-state index contributed by atoms with van der Waals surface area (Å²) in [5.41, 5.74) is -0.303. The molecule has 0 aromatic carbocycles. The molecule has 0 spiro atoms. The third-order valence-corrected chi connectivity index (χ3v) is 2.11. The molecule has 4 atom stereocenters. The van der Waals surface area contributed by atoms with Gasteiger partial charge in [0.25, 0.3) is 0 Å². The van der Waals surface area contributed by atoms with Gasteiger partial charge in [-0.25, -0.2) is 14.4 Å². The molecule has 10 heteroatoms. The number of hydrogen-bond donors (Lipinski definition) is 6. The topological polar surface area (TPSA) is 186 Å². The summed E-state index contributed by atoms with van der Waals surface area (Å²) in [5, 5.41) is 51.5. The average Bonchev–Trinajstić information content (AvgIpc) is 2.45. The zero-order valence-corrected chi connectivity index (χ0v) is 10.9. The van der Waals surface area contributed by atoms with Crippen LogP contribution in [0.25, 0.3) is 0 Å². The maximum Gasteiger partial charge on any atom is 0.335 e. The van der Waals surface area contributed by atoms with Gasteiger partial charge in [0.15, 0.2) is 12.2 Å². The van der Waals surface area contributed by atoms with Gasteiger partial charge >= 0.3 is 17.6 Å². The van der Waals surface area contributed by atoms with E-state index in [1.165, 1.54) is 12.3 Å². The van der Waals surface area contributed by atoms with Gasteiger partial charge in [-0.15, -0.1) is 0 Å². The Morgan fingerprint density at radius 3 is 1.50 bits per heavy atom. The predicted octanol–water partition coefficient (Wildman–Crippen LogP) is -2.68. The van der Waals surface area contributed by atoms with Crippen LogP contribution in [-0.4, -0.2) is 67.0 Å². The van der Waals surface area contributed by atoms with E-state index in [4.69, 9.17) is 30.6 Å². The fourth-order valence-corrected chi connectivity index (χ4v) is 0.991. The van der Waals surface area contributed by atoms with Gasteiger partial charge in [-0.3, -0.25) is 0 Å². The molecule has 0 aliphatic heterocycles. The summed E-state index contributed by atoms with van der Waals surface area (Å²) < 4.78 is 4.37. The van der Waals surface area contributed by atoms with Crippen molar-refractivity contribution in [2.75, 3.05) is 0 Å². The highest BCUT2D eigenvalue weighted by Crippen LogP contribution is 2.05. The van der Waals surface area contributed by atoms with Crippen molar-refractivity contribution in [3.05, 3.63) is 42.3 Å². The van der Waals surface area contributed by atoms with E-state index in [1.807, 2.05) is 0 Å². The largest absolute Gasteiger partial charge is 0.479 e. The molecule has 0 saturated carbocycles. The molecule has 1 heterocycles. The van der Waals surface area contributed by atoms with Crippen LogP contribution in [0.2, 0.25) is 0 Å². The first kappa shape index (κ1) is 22.0. The zero-order valence-electron chi connectivity index (χ0n) is 10.9. The van der Waals surface area contributed by atoms with E-state index in [0.29, 0.717) is 0 Å². The van der Waals surface area contributed by atoms with Crippen LogP contribution in [0.3, 0.4) is 0 Å². The zero-order chi connectivity index (χ0) is 16.6. The van der Waals surface area contributed by atoms with Gasteiger partial charge in [-0.05, 0) is 6.07 Å². The molecule has 6 N–H and O–H groups in total. The number of rotatable bonds is 5. The van der Waals surface area contributed by atoms with Crippen LogP contribution in [0, 0.1) is 7.43 Å². The van der Waals surface area contributed by atoms with Crippen LogP contribution < -0.4 is 5.63 Å². The maximum absolute atomic E-state index is 10.1. The smallest absolute Gasteiger partial charge is 0.335 e. The van der Waals surface area contributed by atoms with Crippen LogP contribution >= 0.6 is 0 Å². The highest BCUT2D eigenvalue weighted by atomic mass is 16.4. The second-order valence-corrected chi connectivity index (χ2v) is 3.67. The summed E-state index contributed by atoms with van der Waals surface area (Å²) in [6.45, 7) is 0.